The molecule has 0 heterocycles. The second-order valence-corrected chi connectivity index (χ2v) is 8.68. The Balaban J connectivity index is 2.70. The highest BCUT2D eigenvalue weighted by atomic mass is 79.9. The van der Waals surface area contributed by atoms with Crippen LogP contribution in [0.2, 0.25) is 0 Å². The molecule has 2 aromatic carbocycles. The number of rotatable bonds is 3. The van der Waals surface area contributed by atoms with Gasteiger partial charge in [0.25, 0.3) is 0 Å². The van der Waals surface area contributed by atoms with Crippen molar-refractivity contribution in [3.63, 3.8) is 0 Å². The van der Waals surface area contributed by atoms with Gasteiger partial charge in [-0.25, -0.2) is 0 Å². The van der Waals surface area contributed by atoms with Gasteiger partial charge in [0, 0.05) is 5.56 Å². The molecule has 0 aliphatic heterocycles. The topological polar surface area (TPSA) is 9.23 Å². The van der Waals surface area contributed by atoms with Crippen LogP contribution < -0.4 is 8.43 Å². The Morgan fingerprint density at radius 3 is 2.20 bits per heavy atom. The summed E-state index contributed by atoms with van der Waals surface area (Å²) >= 11 is 3.25. The molecule has 2 rings (SSSR count). The molecule has 0 amide bonds. The van der Waals surface area contributed by atoms with Crippen molar-refractivity contribution in [1.29, 1.82) is 0 Å². The molecule has 0 saturated heterocycles. The van der Waals surface area contributed by atoms with Crippen molar-refractivity contribution in [3.8, 4) is 16.9 Å². The Kier molecular flexibility index (Phi) is 5.16. The van der Waals surface area contributed by atoms with Gasteiger partial charge in [0.2, 0.25) is 0 Å². The van der Waals surface area contributed by atoms with E-state index in [9.17, 15) is 0 Å². The second-order valence-electron chi connectivity index (χ2n) is 5.97. The quantitative estimate of drug-likeness (QED) is 0.755. The lowest BCUT2D eigenvalue weighted by Crippen LogP contribution is -2.20. The fourth-order valence-corrected chi connectivity index (χ4v) is 4.30. The Morgan fingerprint density at radius 2 is 1.70 bits per heavy atom. The molecule has 0 unspecified atom stereocenters. The highest BCUT2D eigenvalue weighted by Crippen LogP contribution is 2.33. The van der Waals surface area contributed by atoms with Crippen LogP contribution in [0.1, 0.15) is 26.3 Å². The molecule has 0 spiro atoms. The SMILES string of the molecule is COc1[c]([Mg][Br])cc(C(C)(C)C)cc1-c1ccccc1. The van der Waals surface area contributed by atoms with Crippen molar-refractivity contribution in [3.05, 3.63) is 48.0 Å². The number of halogens is 1. The van der Waals surface area contributed by atoms with E-state index in [0.29, 0.717) is 0 Å². The smallest absolute Gasteiger partial charge is 0.498 e. The van der Waals surface area contributed by atoms with E-state index in [1.807, 2.05) is 6.07 Å². The molecule has 0 aliphatic carbocycles. The van der Waals surface area contributed by atoms with Crippen LogP contribution in [0.15, 0.2) is 42.5 Å². The Morgan fingerprint density at radius 1 is 1.05 bits per heavy atom. The summed E-state index contributed by atoms with van der Waals surface area (Å²) in [6.45, 7) is 6.76. The number of benzene rings is 2. The maximum atomic E-state index is 5.69. The van der Waals surface area contributed by atoms with E-state index in [1.165, 1.54) is 20.4 Å². The van der Waals surface area contributed by atoms with Crippen molar-refractivity contribution in [2.24, 2.45) is 0 Å². The fraction of sp³-hybridized carbons (Fsp3) is 0.294. The first-order valence-corrected chi connectivity index (χ1v) is 11.4. The zero-order valence-corrected chi connectivity index (χ0v) is 15.5. The van der Waals surface area contributed by atoms with Gasteiger partial charge in [0.15, 0.2) is 0 Å². The summed E-state index contributed by atoms with van der Waals surface area (Å²) in [6.07, 6.45) is 0. The number of methoxy groups -OCH3 is 1. The fourth-order valence-electron chi connectivity index (χ4n) is 2.29. The van der Waals surface area contributed by atoms with Gasteiger partial charge in [-0.3, -0.25) is 12.9 Å². The Hall–Kier alpha value is -0.514. The lowest BCUT2D eigenvalue weighted by Gasteiger charge is -2.24. The molecule has 1 nitrogen and oxygen atoms in total. The molecule has 3 heteroatoms. The average molecular weight is 344 g/mol. The minimum Gasteiger partial charge on any atom is -0.498 e. The zero-order valence-electron chi connectivity index (χ0n) is 12.5. The van der Waals surface area contributed by atoms with Crippen LogP contribution >= 0.6 is 12.9 Å². The third-order valence-electron chi connectivity index (χ3n) is 3.46. The largest absolute Gasteiger partial charge is 0.512 e. The van der Waals surface area contributed by atoms with Gasteiger partial charge in [0.05, 0.1) is 7.11 Å². The lowest BCUT2D eigenvalue weighted by molar-refractivity contribution is 0.419. The Bertz CT molecular complexity index is 588. The summed E-state index contributed by atoms with van der Waals surface area (Å²) in [5.74, 6) is 1.02. The molecule has 0 saturated carbocycles. The van der Waals surface area contributed by atoms with Gasteiger partial charge in [-0.15, -0.1) is 3.69 Å². The van der Waals surface area contributed by atoms with Crippen molar-refractivity contribution in [2.45, 2.75) is 26.2 Å². The minimum absolute atomic E-state index is 0.140. The molecular formula is C17H19BrMgO. The standard InChI is InChI=1S/C17H19O.BrH.Mg/c1-17(2,3)14-10-11-16(18-4)15(12-14)13-8-6-5-7-9-13;;/h5-10,12H,1-4H3;1H;/q;;+1/p-1. The third-order valence-corrected chi connectivity index (χ3v) is 6.09. The van der Waals surface area contributed by atoms with Crippen LogP contribution in [-0.2, 0) is 5.41 Å². The normalized spacial score (nSPS) is 11.1. The molecule has 0 aliphatic rings. The highest BCUT2D eigenvalue weighted by Gasteiger charge is 2.19. The first-order valence-electron chi connectivity index (χ1n) is 6.80. The van der Waals surface area contributed by atoms with Crippen molar-refractivity contribution >= 4 is 34.8 Å². The summed E-state index contributed by atoms with van der Waals surface area (Å²) in [7, 11) is 1.76. The maximum absolute atomic E-state index is 5.69. The van der Waals surface area contributed by atoms with E-state index in [1.54, 1.807) is 7.11 Å². The molecule has 0 atom stereocenters. The van der Waals surface area contributed by atoms with Gasteiger partial charge >= 0.3 is 18.2 Å². The van der Waals surface area contributed by atoms with E-state index in [2.05, 4.69) is 70.1 Å². The van der Waals surface area contributed by atoms with E-state index >= 15 is 0 Å². The summed E-state index contributed by atoms with van der Waals surface area (Å²) in [6, 6.07) is 15.0. The van der Waals surface area contributed by atoms with E-state index in [-0.39, 0.29) is 5.41 Å². The summed E-state index contributed by atoms with van der Waals surface area (Å²) < 4.78 is 7.03. The average Bonchev–Trinajstić information content (AvgIpc) is 2.45. The number of ether oxygens (including phenoxy) is 1. The molecule has 0 aromatic heterocycles. The molecule has 20 heavy (non-hydrogen) atoms. The predicted octanol–water partition coefficient (Wildman–Crippen LogP) is 4.30. The van der Waals surface area contributed by atoms with Crippen molar-refractivity contribution in [1.82, 2.24) is 0 Å². The molecule has 0 radical (unpaired) electrons. The van der Waals surface area contributed by atoms with Crippen LogP contribution in [0.3, 0.4) is 0 Å². The van der Waals surface area contributed by atoms with Gasteiger partial charge in [-0.1, -0.05) is 57.2 Å². The van der Waals surface area contributed by atoms with Crippen LogP contribution in [0.5, 0.6) is 5.75 Å². The highest BCUT2D eigenvalue weighted by molar-refractivity contribution is 9.23. The minimum atomic E-state index is -0.467. The van der Waals surface area contributed by atoms with E-state index < -0.39 is 18.2 Å². The van der Waals surface area contributed by atoms with Crippen LogP contribution in [0, 0.1) is 0 Å². The van der Waals surface area contributed by atoms with Gasteiger partial charge in [-0.2, -0.15) is 0 Å². The predicted molar refractivity (Wildman–Crippen MR) is 91.4 cm³/mol. The number of hydrogen-bond acceptors (Lipinski definition) is 1. The van der Waals surface area contributed by atoms with Crippen LogP contribution in [-0.4, -0.2) is 25.3 Å². The van der Waals surface area contributed by atoms with Gasteiger partial charge < -0.3 is 4.74 Å². The monoisotopic (exact) mass is 342 g/mol. The molecule has 0 bridgehead atoms. The first-order chi connectivity index (χ1) is 9.47. The van der Waals surface area contributed by atoms with Crippen molar-refractivity contribution in [2.75, 3.05) is 7.11 Å². The van der Waals surface area contributed by atoms with E-state index in [4.69, 9.17) is 4.74 Å². The zero-order chi connectivity index (χ0) is 14.8. The number of hydrogen-bond donors (Lipinski definition) is 0. The Labute approximate surface area is 137 Å². The second kappa shape index (κ2) is 6.50. The summed E-state index contributed by atoms with van der Waals surface area (Å²) in [4.78, 5) is 0. The summed E-state index contributed by atoms with van der Waals surface area (Å²) in [5, 5.41) is 0. The van der Waals surface area contributed by atoms with Crippen molar-refractivity contribution < 1.29 is 4.74 Å². The maximum Gasteiger partial charge on any atom is 0.512 e. The first kappa shape index (κ1) is 15.9. The van der Waals surface area contributed by atoms with E-state index in [0.717, 1.165) is 5.75 Å². The van der Waals surface area contributed by atoms with Gasteiger partial charge in [0.1, 0.15) is 5.75 Å². The van der Waals surface area contributed by atoms with Gasteiger partial charge in [-0.05, 0) is 22.6 Å². The third kappa shape index (κ3) is 3.38. The molecule has 0 fully saturated rings. The molecule has 2 aromatic rings. The molecule has 102 valence electrons. The lowest BCUT2D eigenvalue weighted by atomic mass is 9.85. The summed E-state index contributed by atoms with van der Waals surface area (Å²) in [5.41, 5.74) is 3.91. The van der Waals surface area contributed by atoms with Crippen LogP contribution in [0.25, 0.3) is 11.1 Å². The molecule has 0 N–H and O–H groups in total. The van der Waals surface area contributed by atoms with Crippen LogP contribution in [0.4, 0.5) is 0 Å². The molecular weight excluding hydrogens is 324 g/mol.